The monoisotopic (exact) mass is 204 g/mol. The molecule has 0 aromatic heterocycles. The van der Waals surface area contributed by atoms with Gasteiger partial charge in [0.1, 0.15) is 6.04 Å². The van der Waals surface area contributed by atoms with Gasteiger partial charge in [-0.05, 0) is 13.8 Å². The number of nitrogens with one attached hydrogen (secondary N) is 1. The maximum Gasteiger partial charge on any atom is 0.239 e. The van der Waals surface area contributed by atoms with Crippen LogP contribution in [0, 0.1) is 0 Å². The van der Waals surface area contributed by atoms with Crippen LogP contribution in [0.4, 0.5) is 0 Å². The predicted octanol–water partition coefficient (Wildman–Crippen LogP) is -0.499. The highest BCUT2D eigenvalue weighted by Gasteiger charge is 2.13. The molecule has 5 heteroatoms. The van der Waals surface area contributed by atoms with Crippen LogP contribution in [0.25, 0.3) is 0 Å². The van der Waals surface area contributed by atoms with Gasteiger partial charge in [0.05, 0.1) is 12.7 Å². The predicted molar refractivity (Wildman–Crippen MR) is 53.9 cm³/mol. The second kappa shape index (κ2) is 7.73. The van der Waals surface area contributed by atoms with Crippen molar-refractivity contribution in [2.45, 2.75) is 26.0 Å². The molecule has 0 radical (unpaired) electrons. The SMILES string of the molecule is CCOC(C)CNC(=O)C(N)COC. The summed E-state index contributed by atoms with van der Waals surface area (Å²) in [5.74, 6) is -0.210. The number of carbonyl (C=O) groups excluding carboxylic acids is 1. The van der Waals surface area contributed by atoms with Gasteiger partial charge in [0, 0.05) is 20.3 Å². The first-order chi connectivity index (χ1) is 6.61. The third kappa shape index (κ3) is 5.90. The van der Waals surface area contributed by atoms with Crippen molar-refractivity contribution in [1.29, 1.82) is 0 Å². The second-order valence-electron chi connectivity index (χ2n) is 3.07. The van der Waals surface area contributed by atoms with E-state index in [4.69, 9.17) is 15.2 Å². The van der Waals surface area contributed by atoms with E-state index in [2.05, 4.69) is 5.32 Å². The first kappa shape index (κ1) is 13.4. The molecule has 2 unspecified atom stereocenters. The summed E-state index contributed by atoms with van der Waals surface area (Å²) in [6.45, 7) is 5.15. The Kier molecular flexibility index (Phi) is 7.37. The molecule has 14 heavy (non-hydrogen) atoms. The van der Waals surface area contributed by atoms with Crippen LogP contribution in [-0.2, 0) is 14.3 Å². The van der Waals surface area contributed by atoms with E-state index in [1.165, 1.54) is 7.11 Å². The summed E-state index contributed by atoms with van der Waals surface area (Å²) < 4.78 is 10.0. The summed E-state index contributed by atoms with van der Waals surface area (Å²) in [6, 6.07) is -0.603. The van der Waals surface area contributed by atoms with Crippen LogP contribution in [0.15, 0.2) is 0 Å². The molecule has 0 spiro atoms. The Balaban J connectivity index is 3.61. The Labute approximate surface area is 84.9 Å². The fourth-order valence-electron chi connectivity index (χ4n) is 0.974. The highest BCUT2D eigenvalue weighted by atomic mass is 16.5. The van der Waals surface area contributed by atoms with Gasteiger partial charge in [-0.2, -0.15) is 0 Å². The number of nitrogens with two attached hydrogens (primary N) is 1. The zero-order valence-corrected chi connectivity index (χ0v) is 9.08. The Morgan fingerprint density at radius 2 is 2.21 bits per heavy atom. The number of hydrogen-bond donors (Lipinski definition) is 2. The summed E-state index contributed by atoms with van der Waals surface area (Å²) in [5, 5.41) is 2.68. The molecule has 0 saturated carbocycles. The number of hydrogen-bond acceptors (Lipinski definition) is 4. The van der Waals surface area contributed by atoms with Gasteiger partial charge in [-0.25, -0.2) is 0 Å². The van der Waals surface area contributed by atoms with Crippen LogP contribution in [-0.4, -0.2) is 44.9 Å². The Morgan fingerprint density at radius 3 is 2.71 bits per heavy atom. The molecule has 0 aromatic carbocycles. The van der Waals surface area contributed by atoms with Crippen LogP contribution in [0.5, 0.6) is 0 Å². The lowest BCUT2D eigenvalue weighted by atomic mass is 10.3. The number of carbonyl (C=O) groups is 1. The summed E-state index contributed by atoms with van der Waals surface area (Å²) >= 11 is 0. The van der Waals surface area contributed by atoms with Crippen molar-refractivity contribution in [1.82, 2.24) is 5.32 Å². The minimum Gasteiger partial charge on any atom is -0.383 e. The van der Waals surface area contributed by atoms with Crippen LogP contribution >= 0.6 is 0 Å². The molecule has 0 aliphatic heterocycles. The van der Waals surface area contributed by atoms with Gasteiger partial charge < -0.3 is 20.5 Å². The van der Waals surface area contributed by atoms with Crippen molar-refractivity contribution in [3.8, 4) is 0 Å². The zero-order valence-electron chi connectivity index (χ0n) is 9.08. The molecule has 5 nitrogen and oxygen atoms in total. The van der Waals surface area contributed by atoms with E-state index in [1.54, 1.807) is 0 Å². The molecular weight excluding hydrogens is 184 g/mol. The Hall–Kier alpha value is -0.650. The average Bonchev–Trinajstić information content (AvgIpc) is 2.15. The molecule has 2 atom stereocenters. The lowest BCUT2D eigenvalue weighted by Crippen LogP contribution is -2.45. The first-order valence-electron chi connectivity index (χ1n) is 4.75. The average molecular weight is 204 g/mol. The molecule has 0 bridgehead atoms. The largest absolute Gasteiger partial charge is 0.383 e. The smallest absolute Gasteiger partial charge is 0.239 e. The van der Waals surface area contributed by atoms with Gasteiger partial charge in [-0.1, -0.05) is 0 Å². The third-order valence-electron chi connectivity index (χ3n) is 1.70. The molecular formula is C9H20N2O3. The lowest BCUT2D eigenvalue weighted by molar-refractivity contribution is -0.124. The van der Waals surface area contributed by atoms with E-state index in [0.29, 0.717) is 13.2 Å². The van der Waals surface area contributed by atoms with Gasteiger partial charge in [-0.3, -0.25) is 4.79 Å². The fraction of sp³-hybridized carbons (Fsp3) is 0.889. The van der Waals surface area contributed by atoms with Crippen LogP contribution < -0.4 is 11.1 Å². The number of methoxy groups -OCH3 is 1. The normalized spacial score (nSPS) is 14.9. The zero-order chi connectivity index (χ0) is 11.0. The lowest BCUT2D eigenvalue weighted by Gasteiger charge is -2.15. The molecule has 3 N–H and O–H groups in total. The third-order valence-corrected chi connectivity index (χ3v) is 1.70. The van der Waals surface area contributed by atoms with E-state index in [1.807, 2.05) is 13.8 Å². The molecule has 0 rings (SSSR count). The molecule has 1 amide bonds. The van der Waals surface area contributed by atoms with E-state index in [0.717, 1.165) is 0 Å². The van der Waals surface area contributed by atoms with Crippen LogP contribution in [0.1, 0.15) is 13.8 Å². The first-order valence-corrected chi connectivity index (χ1v) is 4.75. The molecule has 0 saturated heterocycles. The molecule has 0 heterocycles. The van der Waals surface area contributed by atoms with Crippen LogP contribution in [0.2, 0.25) is 0 Å². The fourth-order valence-corrected chi connectivity index (χ4v) is 0.974. The van der Waals surface area contributed by atoms with E-state index >= 15 is 0 Å². The highest BCUT2D eigenvalue weighted by Crippen LogP contribution is 1.88. The van der Waals surface area contributed by atoms with E-state index < -0.39 is 6.04 Å². The molecule has 0 fully saturated rings. The second-order valence-corrected chi connectivity index (χ2v) is 3.07. The minimum absolute atomic E-state index is 0.0127. The quantitative estimate of drug-likeness (QED) is 0.586. The highest BCUT2D eigenvalue weighted by molar-refractivity contribution is 5.81. The summed E-state index contributed by atoms with van der Waals surface area (Å²) in [7, 11) is 1.51. The van der Waals surface area contributed by atoms with Gasteiger partial charge in [-0.15, -0.1) is 0 Å². The standard InChI is InChI=1S/C9H20N2O3/c1-4-14-7(2)5-11-9(12)8(10)6-13-3/h7-8H,4-6,10H2,1-3H3,(H,11,12). The summed E-state index contributed by atoms with van der Waals surface area (Å²) in [6.07, 6.45) is 0.0127. The molecule has 0 aromatic rings. The van der Waals surface area contributed by atoms with Gasteiger partial charge in [0.2, 0.25) is 5.91 Å². The number of ether oxygens (including phenoxy) is 2. The van der Waals surface area contributed by atoms with E-state index in [-0.39, 0.29) is 18.6 Å². The van der Waals surface area contributed by atoms with Crippen LogP contribution in [0.3, 0.4) is 0 Å². The van der Waals surface area contributed by atoms with Crippen molar-refractivity contribution in [2.75, 3.05) is 26.9 Å². The number of amides is 1. The van der Waals surface area contributed by atoms with Gasteiger partial charge >= 0.3 is 0 Å². The van der Waals surface area contributed by atoms with E-state index in [9.17, 15) is 4.79 Å². The Morgan fingerprint density at radius 1 is 1.57 bits per heavy atom. The van der Waals surface area contributed by atoms with Crippen molar-refractivity contribution < 1.29 is 14.3 Å². The molecule has 0 aliphatic rings. The van der Waals surface area contributed by atoms with Crippen molar-refractivity contribution >= 4 is 5.91 Å². The number of rotatable bonds is 7. The topological polar surface area (TPSA) is 73.6 Å². The minimum atomic E-state index is -0.603. The molecule has 84 valence electrons. The Bertz CT molecular complexity index is 164. The van der Waals surface area contributed by atoms with Crippen molar-refractivity contribution in [3.63, 3.8) is 0 Å². The maximum absolute atomic E-state index is 11.3. The maximum atomic E-state index is 11.3. The summed E-state index contributed by atoms with van der Waals surface area (Å²) in [4.78, 5) is 11.3. The van der Waals surface area contributed by atoms with Crippen molar-refractivity contribution in [3.05, 3.63) is 0 Å². The van der Waals surface area contributed by atoms with Crippen molar-refractivity contribution in [2.24, 2.45) is 5.73 Å². The van der Waals surface area contributed by atoms with Gasteiger partial charge in [0.15, 0.2) is 0 Å². The van der Waals surface area contributed by atoms with Gasteiger partial charge in [0.25, 0.3) is 0 Å². The summed E-state index contributed by atoms with van der Waals surface area (Å²) in [5.41, 5.74) is 5.51. The molecule has 0 aliphatic carbocycles.